The van der Waals surface area contributed by atoms with Gasteiger partial charge in [0.2, 0.25) is 0 Å². The van der Waals surface area contributed by atoms with E-state index in [0.717, 1.165) is 32.1 Å². The Morgan fingerprint density at radius 3 is 2.64 bits per heavy atom. The number of Topliss-reactive ketones (excluding diaryl/α,β-unsaturated/α-hetero) is 1. The van der Waals surface area contributed by atoms with Crippen molar-refractivity contribution in [1.82, 2.24) is 0 Å². The zero-order valence-electron chi connectivity index (χ0n) is 17.8. The number of fused-ring (bicyclic) bond motifs is 5. The second-order valence-corrected chi connectivity index (χ2v) is 11.1. The lowest BCUT2D eigenvalue weighted by atomic mass is 9.44. The number of hydrogen-bond acceptors (Lipinski definition) is 3. The molecule has 0 aromatic carbocycles. The summed E-state index contributed by atoms with van der Waals surface area (Å²) in [6.45, 7) is 6.93. The number of carboxylic acid groups (broad SMARTS) is 1. The molecule has 9 atom stereocenters. The average molecular weight is 391 g/mol. The third-order valence-corrected chi connectivity index (χ3v) is 10.2. The molecule has 0 bridgehead atoms. The van der Waals surface area contributed by atoms with E-state index in [9.17, 15) is 14.7 Å². The second kappa shape index (κ2) is 7.11. The molecule has 0 heterocycles. The van der Waals surface area contributed by atoms with Crippen molar-refractivity contribution in [3.8, 4) is 0 Å². The van der Waals surface area contributed by atoms with Crippen molar-refractivity contribution in [2.75, 3.05) is 0 Å². The third-order valence-electron chi connectivity index (χ3n) is 10.2. The molecule has 4 heteroatoms. The van der Waals surface area contributed by atoms with Crippen molar-refractivity contribution in [2.45, 2.75) is 91.1 Å². The van der Waals surface area contributed by atoms with Crippen LogP contribution in [0.1, 0.15) is 85.0 Å². The molecule has 0 amide bonds. The molecule has 4 aliphatic rings. The smallest absolute Gasteiger partial charge is 0.303 e. The molecule has 4 saturated carbocycles. The molecule has 0 aliphatic heterocycles. The zero-order valence-corrected chi connectivity index (χ0v) is 17.8. The fourth-order valence-corrected chi connectivity index (χ4v) is 8.52. The van der Waals surface area contributed by atoms with Gasteiger partial charge >= 0.3 is 5.97 Å². The van der Waals surface area contributed by atoms with Gasteiger partial charge in [0.25, 0.3) is 0 Å². The fraction of sp³-hybridized carbons (Fsp3) is 0.917. The minimum absolute atomic E-state index is 0.0766. The summed E-state index contributed by atoms with van der Waals surface area (Å²) < 4.78 is 0. The van der Waals surface area contributed by atoms with Gasteiger partial charge in [-0.2, -0.15) is 0 Å². The fourth-order valence-electron chi connectivity index (χ4n) is 8.52. The van der Waals surface area contributed by atoms with E-state index in [1.807, 2.05) is 0 Å². The number of hydrogen-bond donors (Lipinski definition) is 2. The van der Waals surface area contributed by atoms with Gasteiger partial charge in [0.05, 0.1) is 6.10 Å². The Bertz CT molecular complexity index is 645. The van der Waals surface area contributed by atoms with E-state index >= 15 is 0 Å². The van der Waals surface area contributed by atoms with Crippen LogP contribution in [0.3, 0.4) is 0 Å². The van der Waals surface area contributed by atoms with Crippen LogP contribution in [0.4, 0.5) is 0 Å². The van der Waals surface area contributed by atoms with Crippen molar-refractivity contribution < 1.29 is 19.8 Å². The van der Waals surface area contributed by atoms with Crippen LogP contribution in [0, 0.1) is 46.3 Å². The Hall–Kier alpha value is -0.900. The third kappa shape index (κ3) is 2.97. The largest absolute Gasteiger partial charge is 0.481 e. The van der Waals surface area contributed by atoms with Crippen LogP contribution in [-0.2, 0) is 9.59 Å². The maximum Gasteiger partial charge on any atom is 0.303 e. The van der Waals surface area contributed by atoms with Crippen LogP contribution in [0.2, 0.25) is 0 Å². The number of aliphatic carboxylic acids is 1. The van der Waals surface area contributed by atoms with Crippen LogP contribution in [0.25, 0.3) is 0 Å². The molecule has 0 saturated heterocycles. The van der Waals surface area contributed by atoms with Crippen molar-refractivity contribution in [3.05, 3.63) is 0 Å². The van der Waals surface area contributed by atoms with E-state index < -0.39 is 5.97 Å². The van der Waals surface area contributed by atoms with Crippen LogP contribution in [-0.4, -0.2) is 28.1 Å². The Labute approximate surface area is 169 Å². The molecule has 0 spiro atoms. The van der Waals surface area contributed by atoms with Gasteiger partial charge in [-0.1, -0.05) is 20.8 Å². The summed E-state index contributed by atoms with van der Waals surface area (Å²) >= 11 is 0. The SMILES string of the molecule is C[C@@H](CCC(=O)O)[C@H]1CC[C@@H]2[C@@H]3CC[C@@H]4CC(=O)CC[C@]4(C)[C@H]3C[C@H](O)[C@@]21C. The van der Waals surface area contributed by atoms with E-state index in [0.29, 0.717) is 47.7 Å². The van der Waals surface area contributed by atoms with Crippen molar-refractivity contribution in [2.24, 2.45) is 46.3 Å². The van der Waals surface area contributed by atoms with Gasteiger partial charge < -0.3 is 10.2 Å². The van der Waals surface area contributed by atoms with Gasteiger partial charge in [-0.15, -0.1) is 0 Å². The number of carboxylic acids is 1. The second-order valence-electron chi connectivity index (χ2n) is 11.1. The Kier molecular flexibility index (Phi) is 5.17. The minimum atomic E-state index is -0.714. The first-order valence-corrected chi connectivity index (χ1v) is 11.6. The molecule has 158 valence electrons. The van der Waals surface area contributed by atoms with E-state index in [1.165, 1.54) is 19.3 Å². The molecule has 0 aromatic heterocycles. The maximum absolute atomic E-state index is 12.1. The summed E-state index contributed by atoms with van der Waals surface area (Å²) in [7, 11) is 0. The molecule has 28 heavy (non-hydrogen) atoms. The summed E-state index contributed by atoms with van der Waals surface area (Å²) in [6.07, 6.45) is 8.69. The van der Waals surface area contributed by atoms with Gasteiger partial charge in [0, 0.05) is 19.3 Å². The standard InChI is InChI=1S/C24H38O4/c1-14(4-9-22(27)28)18-7-8-19-17-6-5-15-12-16(25)10-11-23(15,2)20(17)13-21(26)24(18,19)3/h14-15,17-21,26H,4-13H2,1-3H3,(H,27,28)/t14-,15+,17-,18+,19+,20-,21-,23-,24+/m0/s1. The van der Waals surface area contributed by atoms with Crippen molar-refractivity contribution in [1.29, 1.82) is 0 Å². The number of carbonyl (C=O) groups excluding carboxylic acids is 1. The molecule has 0 radical (unpaired) electrons. The number of aliphatic hydroxyl groups excluding tert-OH is 1. The number of ketones is 1. The molecule has 2 N–H and O–H groups in total. The van der Waals surface area contributed by atoms with Crippen molar-refractivity contribution in [3.63, 3.8) is 0 Å². The number of aliphatic hydroxyl groups is 1. The molecule has 4 rings (SSSR count). The van der Waals surface area contributed by atoms with Crippen LogP contribution in [0.5, 0.6) is 0 Å². The highest BCUT2D eigenvalue weighted by atomic mass is 16.4. The summed E-state index contributed by atoms with van der Waals surface area (Å²) in [6, 6.07) is 0. The number of carbonyl (C=O) groups is 2. The summed E-state index contributed by atoms with van der Waals surface area (Å²) in [5, 5.41) is 20.5. The average Bonchev–Trinajstić information content (AvgIpc) is 3.00. The van der Waals surface area contributed by atoms with Crippen molar-refractivity contribution >= 4 is 11.8 Å². The van der Waals surface area contributed by atoms with Gasteiger partial charge in [0.1, 0.15) is 5.78 Å². The van der Waals surface area contributed by atoms with Gasteiger partial charge in [-0.05, 0) is 91.3 Å². The number of rotatable bonds is 4. The molecule has 4 nitrogen and oxygen atoms in total. The van der Waals surface area contributed by atoms with Gasteiger partial charge in [0.15, 0.2) is 0 Å². The van der Waals surface area contributed by atoms with Gasteiger partial charge in [-0.25, -0.2) is 0 Å². The molecule has 0 unspecified atom stereocenters. The molecule has 0 aromatic rings. The van der Waals surface area contributed by atoms with Gasteiger partial charge in [-0.3, -0.25) is 9.59 Å². The van der Waals surface area contributed by atoms with Crippen LogP contribution in [0.15, 0.2) is 0 Å². The first kappa shape index (κ1) is 20.4. The summed E-state index contributed by atoms with van der Waals surface area (Å²) in [5.41, 5.74) is 0.138. The Morgan fingerprint density at radius 1 is 1.18 bits per heavy atom. The highest BCUT2D eigenvalue weighted by molar-refractivity contribution is 5.79. The monoisotopic (exact) mass is 390 g/mol. The molecular formula is C24H38O4. The van der Waals surface area contributed by atoms with E-state index in [-0.39, 0.29) is 23.4 Å². The molecular weight excluding hydrogens is 352 g/mol. The Balaban J connectivity index is 1.57. The normalized spacial score (nSPS) is 49.1. The summed E-state index contributed by atoms with van der Waals surface area (Å²) in [4.78, 5) is 23.1. The van der Waals surface area contributed by atoms with Crippen LogP contribution >= 0.6 is 0 Å². The molecule has 4 aliphatic carbocycles. The predicted molar refractivity (Wildman–Crippen MR) is 108 cm³/mol. The lowest BCUT2D eigenvalue weighted by Gasteiger charge is -2.62. The highest BCUT2D eigenvalue weighted by Gasteiger charge is 2.63. The maximum atomic E-state index is 12.1. The lowest BCUT2D eigenvalue weighted by molar-refractivity contribution is -0.171. The molecule has 4 fully saturated rings. The van der Waals surface area contributed by atoms with E-state index in [4.69, 9.17) is 5.11 Å². The lowest BCUT2D eigenvalue weighted by Crippen LogP contribution is -2.58. The van der Waals surface area contributed by atoms with E-state index in [2.05, 4.69) is 20.8 Å². The first-order chi connectivity index (χ1) is 13.2. The van der Waals surface area contributed by atoms with E-state index in [1.54, 1.807) is 0 Å². The minimum Gasteiger partial charge on any atom is -0.481 e. The first-order valence-electron chi connectivity index (χ1n) is 11.6. The van der Waals surface area contributed by atoms with Crippen LogP contribution < -0.4 is 0 Å². The Morgan fingerprint density at radius 2 is 1.93 bits per heavy atom. The predicted octanol–water partition coefficient (Wildman–Crippen LogP) is 4.69. The quantitative estimate of drug-likeness (QED) is 0.730. The zero-order chi connectivity index (χ0) is 20.3. The highest BCUT2D eigenvalue weighted by Crippen LogP contribution is 2.68. The topological polar surface area (TPSA) is 74.6 Å². The summed E-state index contributed by atoms with van der Waals surface area (Å²) in [5.74, 6) is 2.76.